The summed E-state index contributed by atoms with van der Waals surface area (Å²) >= 11 is 0. The molecule has 0 amide bonds. The van der Waals surface area contributed by atoms with E-state index >= 15 is 0 Å². The molecule has 0 radical (unpaired) electrons. The fourth-order valence-corrected chi connectivity index (χ4v) is 1.93. The maximum Gasteiger partial charge on any atom is 0.318 e. The Bertz CT molecular complexity index is 378. The smallest absolute Gasteiger partial charge is 0.318 e. The molecule has 1 atom stereocenters. The van der Waals surface area contributed by atoms with Gasteiger partial charge in [0.2, 0.25) is 0 Å². The van der Waals surface area contributed by atoms with Gasteiger partial charge < -0.3 is 19.5 Å². The lowest BCUT2D eigenvalue weighted by Gasteiger charge is -2.33. The molecule has 6 heteroatoms. The predicted octanol–water partition coefficient (Wildman–Crippen LogP) is 0.245. The average molecular weight is 253 g/mol. The van der Waals surface area contributed by atoms with Gasteiger partial charge in [-0.2, -0.15) is 4.98 Å². The molecule has 18 heavy (non-hydrogen) atoms. The first kappa shape index (κ1) is 13.0. The zero-order chi connectivity index (χ0) is 13.0. The molecular weight excluding hydrogens is 234 g/mol. The van der Waals surface area contributed by atoms with Crippen molar-refractivity contribution < 1.29 is 14.6 Å². The number of aryl methyl sites for hydroxylation is 1. The molecule has 0 saturated carbocycles. The maximum absolute atomic E-state index is 9.15. The van der Waals surface area contributed by atoms with Crippen molar-refractivity contribution in [1.82, 2.24) is 9.97 Å². The van der Waals surface area contributed by atoms with Crippen LogP contribution in [0.3, 0.4) is 0 Å². The van der Waals surface area contributed by atoms with Gasteiger partial charge in [-0.05, 0) is 6.42 Å². The number of hydrogen-bond acceptors (Lipinski definition) is 6. The fraction of sp³-hybridized carbons (Fsp3) is 0.667. The number of rotatable bonds is 4. The maximum atomic E-state index is 9.15. The summed E-state index contributed by atoms with van der Waals surface area (Å²) in [5.74, 6) is 0.834. The Labute approximate surface area is 107 Å². The number of aliphatic hydroxyl groups excluding tert-OH is 1. The van der Waals surface area contributed by atoms with Crippen LogP contribution in [-0.2, 0) is 11.2 Å². The first-order valence-corrected chi connectivity index (χ1v) is 6.16. The van der Waals surface area contributed by atoms with Crippen LogP contribution in [0.25, 0.3) is 0 Å². The minimum Gasteiger partial charge on any atom is -0.467 e. The first-order valence-electron chi connectivity index (χ1n) is 6.16. The van der Waals surface area contributed by atoms with Gasteiger partial charge in [-0.15, -0.1) is 0 Å². The number of hydrogen-bond donors (Lipinski definition) is 1. The molecule has 1 aliphatic rings. The molecule has 1 aromatic heterocycles. The second kappa shape index (κ2) is 5.97. The van der Waals surface area contributed by atoms with Crippen molar-refractivity contribution in [2.75, 3.05) is 38.3 Å². The van der Waals surface area contributed by atoms with E-state index in [0.29, 0.717) is 19.2 Å². The summed E-state index contributed by atoms with van der Waals surface area (Å²) in [6.07, 6.45) is 0.685. The molecule has 1 fully saturated rings. The van der Waals surface area contributed by atoms with Crippen molar-refractivity contribution in [3.8, 4) is 6.01 Å². The van der Waals surface area contributed by atoms with E-state index in [1.165, 1.54) is 0 Å². The lowest BCUT2D eigenvalue weighted by molar-refractivity contribution is 0.00332. The SMILES string of the molecule is CCc1cc(N2CCO[C@@H](CO)C2)nc(OC)n1. The second-order valence-corrected chi connectivity index (χ2v) is 4.18. The largest absolute Gasteiger partial charge is 0.467 e. The van der Waals surface area contributed by atoms with Crippen LogP contribution in [0.1, 0.15) is 12.6 Å². The Hall–Kier alpha value is -1.40. The number of anilines is 1. The summed E-state index contributed by atoms with van der Waals surface area (Å²) in [7, 11) is 1.56. The van der Waals surface area contributed by atoms with E-state index in [2.05, 4.69) is 14.9 Å². The van der Waals surface area contributed by atoms with Crippen molar-refractivity contribution in [3.05, 3.63) is 11.8 Å². The Balaban J connectivity index is 2.20. The highest BCUT2D eigenvalue weighted by molar-refractivity contribution is 5.41. The molecule has 1 N–H and O–H groups in total. The van der Waals surface area contributed by atoms with Gasteiger partial charge in [0.15, 0.2) is 0 Å². The van der Waals surface area contributed by atoms with Gasteiger partial charge in [0.05, 0.1) is 26.4 Å². The highest BCUT2D eigenvalue weighted by Gasteiger charge is 2.21. The molecule has 0 bridgehead atoms. The van der Waals surface area contributed by atoms with Gasteiger partial charge in [-0.1, -0.05) is 6.92 Å². The third-order valence-corrected chi connectivity index (χ3v) is 2.96. The van der Waals surface area contributed by atoms with E-state index in [-0.39, 0.29) is 12.7 Å². The third-order valence-electron chi connectivity index (χ3n) is 2.96. The van der Waals surface area contributed by atoms with Gasteiger partial charge in [-0.3, -0.25) is 0 Å². The highest BCUT2D eigenvalue weighted by Crippen LogP contribution is 2.19. The van der Waals surface area contributed by atoms with Crippen molar-refractivity contribution in [2.45, 2.75) is 19.4 Å². The molecule has 0 aromatic carbocycles. The Morgan fingerprint density at radius 2 is 2.39 bits per heavy atom. The summed E-state index contributed by atoms with van der Waals surface area (Å²) in [5.41, 5.74) is 0.948. The topological polar surface area (TPSA) is 67.7 Å². The molecule has 1 aromatic rings. The molecule has 100 valence electrons. The van der Waals surface area contributed by atoms with Crippen LogP contribution in [0.4, 0.5) is 5.82 Å². The standard InChI is InChI=1S/C12H19N3O3/c1-3-9-6-11(14-12(13-9)17-2)15-4-5-18-10(7-15)8-16/h6,10,16H,3-5,7-8H2,1-2H3/t10-/m1/s1. The molecule has 6 nitrogen and oxygen atoms in total. The lowest BCUT2D eigenvalue weighted by atomic mass is 10.2. The Morgan fingerprint density at radius 3 is 3.06 bits per heavy atom. The summed E-state index contributed by atoms with van der Waals surface area (Å²) < 4.78 is 10.5. The van der Waals surface area contributed by atoms with Gasteiger partial charge in [-0.25, -0.2) is 4.98 Å². The number of aliphatic hydroxyl groups is 1. The van der Waals surface area contributed by atoms with Crippen molar-refractivity contribution >= 4 is 5.82 Å². The molecule has 0 spiro atoms. The number of morpholine rings is 1. The van der Waals surface area contributed by atoms with E-state index < -0.39 is 0 Å². The zero-order valence-corrected chi connectivity index (χ0v) is 10.8. The predicted molar refractivity (Wildman–Crippen MR) is 67.0 cm³/mol. The molecule has 2 rings (SSSR count). The van der Waals surface area contributed by atoms with Gasteiger partial charge in [0, 0.05) is 24.8 Å². The van der Waals surface area contributed by atoms with Crippen LogP contribution in [0.5, 0.6) is 6.01 Å². The Morgan fingerprint density at radius 1 is 1.56 bits per heavy atom. The van der Waals surface area contributed by atoms with Crippen molar-refractivity contribution in [3.63, 3.8) is 0 Å². The van der Waals surface area contributed by atoms with Crippen LogP contribution in [0, 0.1) is 0 Å². The van der Waals surface area contributed by atoms with Crippen LogP contribution in [0.2, 0.25) is 0 Å². The molecule has 1 aliphatic heterocycles. The molecule has 0 unspecified atom stereocenters. The van der Waals surface area contributed by atoms with Crippen LogP contribution >= 0.6 is 0 Å². The number of ether oxygens (including phenoxy) is 2. The quantitative estimate of drug-likeness (QED) is 0.829. The van der Waals surface area contributed by atoms with Crippen molar-refractivity contribution in [1.29, 1.82) is 0 Å². The monoisotopic (exact) mass is 253 g/mol. The zero-order valence-electron chi connectivity index (χ0n) is 10.8. The summed E-state index contributed by atoms with van der Waals surface area (Å²) in [4.78, 5) is 10.7. The third kappa shape index (κ3) is 2.88. The van der Waals surface area contributed by atoms with E-state index in [9.17, 15) is 0 Å². The van der Waals surface area contributed by atoms with Crippen molar-refractivity contribution in [2.24, 2.45) is 0 Å². The number of nitrogens with zero attached hydrogens (tertiary/aromatic N) is 3. The summed E-state index contributed by atoms with van der Waals surface area (Å²) in [5, 5.41) is 9.15. The minimum absolute atomic E-state index is 0.0271. The van der Waals surface area contributed by atoms with Gasteiger partial charge in [0.1, 0.15) is 5.82 Å². The van der Waals surface area contributed by atoms with Crippen LogP contribution in [0.15, 0.2) is 6.07 Å². The summed E-state index contributed by atoms with van der Waals surface area (Å²) in [6, 6.07) is 2.35. The minimum atomic E-state index is -0.148. The molecule has 0 aliphatic carbocycles. The summed E-state index contributed by atoms with van der Waals surface area (Å²) in [6.45, 7) is 4.07. The molecular formula is C12H19N3O3. The van der Waals surface area contributed by atoms with Gasteiger partial charge >= 0.3 is 6.01 Å². The van der Waals surface area contributed by atoms with E-state index in [1.54, 1.807) is 7.11 Å². The molecule has 1 saturated heterocycles. The normalized spacial score (nSPS) is 19.9. The molecule has 2 heterocycles. The first-order chi connectivity index (χ1) is 8.76. The second-order valence-electron chi connectivity index (χ2n) is 4.18. The highest BCUT2D eigenvalue weighted by atomic mass is 16.5. The van der Waals surface area contributed by atoms with Crippen LogP contribution in [-0.4, -0.2) is 54.6 Å². The van der Waals surface area contributed by atoms with Gasteiger partial charge in [0.25, 0.3) is 0 Å². The average Bonchev–Trinajstić information content (AvgIpc) is 2.46. The van der Waals surface area contributed by atoms with E-state index in [0.717, 1.165) is 24.5 Å². The Kier molecular flexibility index (Phi) is 4.33. The fourth-order valence-electron chi connectivity index (χ4n) is 1.93. The number of aromatic nitrogens is 2. The van der Waals surface area contributed by atoms with Crippen LogP contribution < -0.4 is 9.64 Å². The number of methoxy groups -OCH3 is 1. The van der Waals surface area contributed by atoms with E-state index in [4.69, 9.17) is 14.6 Å². The van der Waals surface area contributed by atoms with E-state index in [1.807, 2.05) is 13.0 Å². The lowest BCUT2D eigenvalue weighted by Crippen LogP contribution is -2.44.